The molecule has 0 bridgehead atoms. The van der Waals surface area contributed by atoms with Crippen LogP contribution in [0.5, 0.6) is 0 Å². The lowest BCUT2D eigenvalue weighted by Crippen LogP contribution is -2.42. The lowest BCUT2D eigenvalue weighted by molar-refractivity contribution is 0.253. The standard InChI is InChI=1S/C22H33N5/c1-3-23-21(25-14-7-8-16-27-17-15-24-19(27)2)26-18-22(12-9-13-22)20-10-5-4-6-11-20/h4-6,10-11,15,17H,3,7-9,12-14,16,18H2,1-2H3,(H2,23,25,26). The Kier molecular flexibility index (Phi) is 6.91. The van der Waals surface area contributed by atoms with Gasteiger partial charge in [-0.3, -0.25) is 4.99 Å². The van der Waals surface area contributed by atoms with Gasteiger partial charge >= 0.3 is 0 Å². The van der Waals surface area contributed by atoms with Crippen molar-refractivity contribution in [3.63, 3.8) is 0 Å². The molecule has 1 saturated carbocycles. The second kappa shape index (κ2) is 9.58. The van der Waals surface area contributed by atoms with Gasteiger partial charge in [0.15, 0.2) is 5.96 Å². The van der Waals surface area contributed by atoms with E-state index in [0.717, 1.165) is 50.8 Å². The zero-order chi connectivity index (χ0) is 19.0. The number of benzene rings is 1. The normalized spacial score (nSPS) is 16.0. The Morgan fingerprint density at radius 3 is 2.63 bits per heavy atom. The van der Waals surface area contributed by atoms with Crippen LogP contribution in [0.25, 0.3) is 0 Å². The van der Waals surface area contributed by atoms with Crippen LogP contribution in [-0.4, -0.2) is 35.1 Å². The molecule has 1 aliphatic rings. The van der Waals surface area contributed by atoms with Crippen molar-refractivity contribution in [2.75, 3.05) is 19.6 Å². The van der Waals surface area contributed by atoms with Crippen LogP contribution < -0.4 is 10.6 Å². The fraction of sp³-hybridized carbons (Fsp3) is 0.545. The first kappa shape index (κ1) is 19.5. The summed E-state index contributed by atoms with van der Waals surface area (Å²) in [4.78, 5) is 9.20. The summed E-state index contributed by atoms with van der Waals surface area (Å²) in [6.07, 6.45) is 9.96. The first-order valence-electron chi connectivity index (χ1n) is 10.3. The number of aromatic nitrogens is 2. The van der Waals surface area contributed by atoms with Gasteiger partial charge < -0.3 is 15.2 Å². The highest BCUT2D eigenvalue weighted by atomic mass is 15.2. The number of aliphatic imine (C=N–C) groups is 1. The van der Waals surface area contributed by atoms with E-state index < -0.39 is 0 Å². The molecule has 1 aromatic carbocycles. The van der Waals surface area contributed by atoms with Gasteiger partial charge in [0.1, 0.15) is 5.82 Å². The van der Waals surface area contributed by atoms with E-state index in [1.54, 1.807) is 0 Å². The van der Waals surface area contributed by atoms with Gasteiger partial charge in [-0.05, 0) is 45.1 Å². The van der Waals surface area contributed by atoms with Gasteiger partial charge in [0.25, 0.3) is 0 Å². The zero-order valence-electron chi connectivity index (χ0n) is 16.7. The van der Waals surface area contributed by atoms with Crippen molar-refractivity contribution in [3.05, 3.63) is 54.1 Å². The molecule has 0 saturated heterocycles. The van der Waals surface area contributed by atoms with E-state index in [0.29, 0.717) is 0 Å². The second-order valence-corrected chi connectivity index (χ2v) is 7.50. The third-order valence-electron chi connectivity index (χ3n) is 5.62. The van der Waals surface area contributed by atoms with E-state index in [-0.39, 0.29) is 5.41 Å². The Balaban J connectivity index is 1.48. The molecule has 1 fully saturated rings. The fourth-order valence-corrected chi connectivity index (χ4v) is 3.76. The molecular weight excluding hydrogens is 334 g/mol. The molecule has 0 unspecified atom stereocenters. The summed E-state index contributed by atoms with van der Waals surface area (Å²) in [6.45, 7) is 7.89. The number of hydrogen-bond donors (Lipinski definition) is 2. The molecular formula is C22H33N5. The Morgan fingerprint density at radius 2 is 2.00 bits per heavy atom. The number of guanidine groups is 1. The van der Waals surface area contributed by atoms with Gasteiger partial charge in [0, 0.05) is 37.4 Å². The van der Waals surface area contributed by atoms with E-state index in [4.69, 9.17) is 4.99 Å². The molecule has 2 N–H and O–H groups in total. The van der Waals surface area contributed by atoms with Crippen molar-refractivity contribution in [2.45, 2.75) is 57.9 Å². The Morgan fingerprint density at radius 1 is 1.19 bits per heavy atom. The molecule has 3 rings (SSSR count). The Bertz CT molecular complexity index is 715. The van der Waals surface area contributed by atoms with Crippen molar-refractivity contribution >= 4 is 5.96 Å². The van der Waals surface area contributed by atoms with Crippen LogP contribution in [0.15, 0.2) is 47.7 Å². The summed E-state index contributed by atoms with van der Waals surface area (Å²) in [5.74, 6) is 2.03. The summed E-state index contributed by atoms with van der Waals surface area (Å²) in [5.41, 5.74) is 1.68. The van der Waals surface area contributed by atoms with E-state index in [9.17, 15) is 0 Å². The van der Waals surface area contributed by atoms with Crippen molar-refractivity contribution in [1.82, 2.24) is 20.2 Å². The van der Waals surface area contributed by atoms with Crippen LogP contribution in [0.3, 0.4) is 0 Å². The van der Waals surface area contributed by atoms with Crippen LogP contribution >= 0.6 is 0 Å². The minimum Gasteiger partial charge on any atom is -0.357 e. The molecule has 5 nitrogen and oxygen atoms in total. The topological polar surface area (TPSA) is 54.2 Å². The lowest BCUT2D eigenvalue weighted by Gasteiger charge is -2.41. The van der Waals surface area contributed by atoms with Crippen molar-refractivity contribution in [1.29, 1.82) is 0 Å². The predicted octanol–water partition coefficient (Wildman–Crippen LogP) is 3.65. The highest BCUT2D eigenvalue weighted by Gasteiger charge is 2.38. The first-order chi connectivity index (χ1) is 13.2. The quantitative estimate of drug-likeness (QED) is 0.404. The molecule has 0 atom stereocenters. The van der Waals surface area contributed by atoms with E-state index >= 15 is 0 Å². The van der Waals surface area contributed by atoms with Gasteiger partial charge in [0.2, 0.25) is 0 Å². The monoisotopic (exact) mass is 367 g/mol. The third kappa shape index (κ3) is 5.12. The molecule has 0 amide bonds. The molecule has 1 aromatic heterocycles. The predicted molar refractivity (Wildman–Crippen MR) is 112 cm³/mol. The third-order valence-corrected chi connectivity index (χ3v) is 5.62. The van der Waals surface area contributed by atoms with E-state index in [1.165, 1.54) is 24.8 Å². The Hall–Kier alpha value is -2.30. The summed E-state index contributed by atoms with van der Waals surface area (Å²) in [5, 5.41) is 6.89. The fourth-order valence-electron chi connectivity index (χ4n) is 3.76. The maximum absolute atomic E-state index is 4.92. The van der Waals surface area contributed by atoms with Gasteiger partial charge in [-0.25, -0.2) is 4.98 Å². The van der Waals surface area contributed by atoms with Crippen LogP contribution in [0, 0.1) is 6.92 Å². The molecule has 0 spiro atoms. The number of nitrogens with one attached hydrogen (secondary N) is 2. The van der Waals surface area contributed by atoms with Gasteiger partial charge in [0.05, 0.1) is 6.54 Å². The number of unbranched alkanes of at least 4 members (excludes halogenated alkanes) is 1. The lowest BCUT2D eigenvalue weighted by atomic mass is 9.64. The number of rotatable bonds is 9. The molecule has 146 valence electrons. The minimum absolute atomic E-state index is 0.239. The van der Waals surface area contributed by atoms with Gasteiger partial charge in [-0.1, -0.05) is 36.8 Å². The minimum atomic E-state index is 0.239. The molecule has 0 aliphatic heterocycles. The molecule has 27 heavy (non-hydrogen) atoms. The number of aryl methyl sites for hydroxylation is 2. The molecule has 5 heteroatoms. The van der Waals surface area contributed by atoms with Gasteiger partial charge in [-0.15, -0.1) is 0 Å². The average molecular weight is 368 g/mol. The van der Waals surface area contributed by atoms with Crippen LogP contribution in [-0.2, 0) is 12.0 Å². The molecule has 2 aromatic rings. The second-order valence-electron chi connectivity index (χ2n) is 7.50. The molecule has 0 radical (unpaired) electrons. The SMILES string of the molecule is CCNC(=NCC1(c2ccccc2)CCC1)NCCCCn1ccnc1C. The maximum atomic E-state index is 4.92. The van der Waals surface area contributed by atoms with Crippen molar-refractivity contribution < 1.29 is 0 Å². The Labute approximate surface area is 163 Å². The number of imidazole rings is 1. The maximum Gasteiger partial charge on any atom is 0.191 e. The van der Waals surface area contributed by atoms with Gasteiger partial charge in [-0.2, -0.15) is 0 Å². The van der Waals surface area contributed by atoms with E-state index in [2.05, 4.69) is 70.6 Å². The highest BCUT2D eigenvalue weighted by Crippen LogP contribution is 2.43. The smallest absolute Gasteiger partial charge is 0.191 e. The van der Waals surface area contributed by atoms with Crippen molar-refractivity contribution in [3.8, 4) is 0 Å². The van der Waals surface area contributed by atoms with Crippen molar-refractivity contribution in [2.24, 2.45) is 4.99 Å². The average Bonchev–Trinajstić information content (AvgIpc) is 3.06. The van der Waals surface area contributed by atoms with Crippen LogP contribution in [0.2, 0.25) is 0 Å². The van der Waals surface area contributed by atoms with Crippen LogP contribution in [0.4, 0.5) is 0 Å². The molecule has 1 heterocycles. The first-order valence-corrected chi connectivity index (χ1v) is 10.3. The van der Waals surface area contributed by atoms with Crippen LogP contribution in [0.1, 0.15) is 50.4 Å². The summed E-state index contributed by atoms with van der Waals surface area (Å²) < 4.78 is 2.21. The number of nitrogens with zero attached hydrogens (tertiary/aromatic N) is 3. The summed E-state index contributed by atoms with van der Waals surface area (Å²) >= 11 is 0. The summed E-state index contributed by atoms with van der Waals surface area (Å²) in [7, 11) is 0. The summed E-state index contributed by atoms with van der Waals surface area (Å²) in [6, 6.07) is 10.9. The number of hydrogen-bond acceptors (Lipinski definition) is 2. The largest absolute Gasteiger partial charge is 0.357 e. The molecule has 1 aliphatic carbocycles. The highest BCUT2D eigenvalue weighted by molar-refractivity contribution is 5.79. The van der Waals surface area contributed by atoms with E-state index in [1.807, 2.05) is 6.20 Å². The zero-order valence-corrected chi connectivity index (χ0v) is 16.7.